The van der Waals surface area contributed by atoms with E-state index >= 15 is 0 Å². The van der Waals surface area contributed by atoms with E-state index in [9.17, 15) is 13.2 Å². The third kappa shape index (κ3) is 4.78. The Bertz CT molecular complexity index is 1080. The number of aryl methyl sites for hydroxylation is 2. The van der Waals surface area contributed by atoms with E-state index in [-0.39, 0.29) is 10.8 Å². The van der Waals surface area contributed by atoms with Crippen LogP contribution in [0.25, 0.3) is 0 Å². The number of sulfonamides is 1. The summed E-state index contributed by atoms with van der Waals surface area (Å²) in [7, 11) is -3.80. The van der Waals surface area contributed by atoms with Crippen LogP contribution in [0.15, 0.2) is 77.7 Å². The summed E-state index contributed by atoms with van der Waals surface area (Å²) >= 11 is 0. The van der Waals surface area contributed by atoms with Crippen LogP contribution in [0.2, 0.25) is 0 Å². The van der Waals surface area contributed by atoms with E-state index in [0.717, 1.165) is 11.1 Å². The fraction of sp³-hybridized carbons (Fsp3) is 0.136. The van der Waals surface area contributed by atoms with Gasteiger partial charge in [0.15, 0.2) is 0 Å². The largest absolute Gasteiger partial charge is 0.348 e. The van der Waals surface area contributed by atoms with Crippen LogP contribution in [0.3, 0.4) is 0 Å². The monoisotopic (exact) mass is 394 g/mol. The average Bonchev–Trinajstić information content (AvgIpc) is 2.68. The molecule has 0 atom stereocenters. The van der Waals surface area contributed by atoms with Crippen molar-refractivity contribution >= 4 is 21.6 Å². The Morgan fingerprint density at radius 1 is 0.893 bits per heavy atom. The number of para-hydroxylation sites is 1. The minimum absolute atomic E-state index is 0.0827. The molecule has 0 aliphatic rings. The number of carbonyl (C=O) groups excluding carboxylic acids is 1. The standard InChI is InChI=1S/C22H22N2O3S/c1-16-8-11-18(12-9-16)15-23-22(25)19-13-10-17(2)21(14-19)28(26,27)24-20-6-4-3-5-7-20/h3-14,24H,15H2,1-2H3,(H,23,25). The molecule has 3 aromatic rings. The molecule has 6 heteroatoms. The van der Waals surface area contributed by atoms with Crippen molar-refractivity contribution in [2.45, 2.75) is 25.3 Å². The molecule has 0 heterocycles. The Labute approximate surface area is 165 Å². The maximum absolute atomic E-state index is 12.8. The van der Waals surface area contributed by atoms with Gasteiger partial charge < -0.3 is 5.32 Å². The van der Waals surface area contributed by atoms with Crippen molar-refractivity contribution in [3.8, 4) is 0 Å². The first-order valence-corrected chi connectivity index (χ1v) is 10.4. The van der Waals surface area contributed by atoms with Gasteiger partial charge in [-0.1, -0.05) is 54.1 Å². The average molecular weight is 394 g/mol. The van der Waals surface area contributed by atoms with Crippen molar-refractivity contribution < 1.29 is 13.2 Å². The first-order valence-electron chi connectivity index (χ1n) is 8.87. The predicted molar refractivity (Wildman–Crippen MR) is 111 cm³/mol. The summed E-state index contributed by atoms with van der Waals surface area (Å²) < 4.78 is 28.1. The highest BCUT2D eigenvalue weighted by molar-refractivity contribution is 7.92. The Kier molecular flexibility index (Phi) is 5.80. The lowest BCUT2D eigenvalue weighted by Crippen LogP contribution is -2.23. The molecule has 3 aromatic carbocycles. The van der Waals surface area contributed by atoms with Crippen molar-refractivity contribution in [3.05, 3.63) is 95.1 Å². The molecule has 0 radical (unpaired) electrons. The number of carbonyl (C=O) groups is 1. The van der Waals surface area contributed by atoms with Gasteiger partial charge in [0.25, 0.3) is 15.9 Å². The quantitative estimate of drug-likeness (QED) is 0.663. The van der Waals surface area contributed by atoms with Crippen molar-refractivity contribution in [2.24, 2.45) is 0 Å². The van der Waals surface area contributed by atoms with Gasteiger partial charge in [-0.15, -0.1) is 0 Å². The summed E-state index contributed by atoms with van der Waals surface area (Å²) in [5, 5.41) is 2.83. The van der Waals surface area contributed by atoms with E-state index in [1.807, 2.05) is 37.3 Å². The minimum Gasteiger partial charge on any atom is -0.348 e. The summed E-state index contributed by atoms with van der Waals surface area (Å²) in [5.41, 5.74) is 3.46. The van der Waals surface area contributed by atoms with Gasteiger partial charge in [0.2, 0.25) is 0 Å². The third-order valence-electron chi connectivity index (χ3n) is 4.34. The normalized spacial score (nSPS) is 11.1. The Morgan fingerprint density at radius 3 is 2.25 bits per heavy atom. The molecule has 0 saturated heterocycles. The van der Waals surface area contributed by atoms with Crippen LogP contribution in [0, 0.1) is 13.8 Å². The zero-order chi connectivity index (χ0) is 20.1. The second-order valence-corrected chi connectivity index (χ2v) is 8.27. The maximum atomic E-state index is 12.8. The predicted octanol–water partition coefficient (Wildman–Crippen LogP) is 4.03. The van der Waals surface area contributed by atoms with Gasteiger partial charge >= 0.3 is 0 Å². The number of rotatable bonds is 6. The molecule has 28 heavy (non-hydrogen) atoms. The summed E-state index contributed by atoms with van der Waals surface area (Å²) in [6.07, 6.45) is 0. The van der Waals surface area contributed by atoms with E-state index in [2.05, 4.69) is 10.0 Å². The topological polar surface area (TPSA) is 75.3 Å². The van der Waals surface area contributed by atoms with Crippen molar-refractivity contribution in [3.63, 3.8) is 0 Å². The van der Waals surface area contributed by atoms with Crippen LogP contribution in [-0.2, 0) is 16.6 Å². The van der Waals surface area contributed by atoms with Gasteiger partial charge in [-0.05, 0) is 49.2 Å². The van der Waals surface area contributed by atoms with E-state index < -0.39 is 10.0 Å². The Hall–Kier alpha value is -3.12. The highest BCUT2D eigenvalue weighted by atomic mass is 32.2. The second-order valence-electron chi connectivity index (χ2n) is 6.62. The lowest BCUT2D eigenvalue weighted by Gasteiger charge is -2.12. The number of anilines is 1. The molecule has 1 amide bonds. The van der Waals surface area contributed by atoms with Crippen LogP contribution >= 0.6 is 0 Å². The van der Waals surface area contributed by atoms with Gasteiger partial charge in [-0.25, -0.2) is 8.42 Å². The third-order valence-corrected chi connectivity index (χ3v) is 5.86. The fourth-order valence-electron chi connectivity index (χ4n) is 2.74. The highest BCUT2D eigenvalue weighted by Crippen LogP contribution is 2.21. The maximum Gasteiger partial charge on any atom is 0.262 e. The number of amides is 1. The van der Waals surface area contributed by atoms with Crippen LogP contribution in [0.1, 0.15) is 27.0 Å². The molecule has 2 N–H and O–H groups in total. The van der Waals surface area contributed by atoms with E-state index in [1.54, 1.807) is 43.3 Å². The van der Waals surface area contributed by atoms with Crippen LogP contribution < -0.4 is 10.0 Å². The van der Waals surface area contributed by atoms with Crippen LogP contribution in [0.4, 0.5) is 5.69 Å². The molecular formula is C22H22N2O3S. The molecule has 0 unspecified atom stereocenters. The zero-order valence-corrected chi connectivity index (χ0v) is 16.6. The summed E-state index contributed by atoms with van der Waals surface area (Å²) in [6, 6.07) is 21.2. The smallest absolute Gasteiger partial charge is 0.262 e. The van der Waals surface area contributed by atoms with Crippen LogP contribution in [0.5, 0.6) is 0 Å². The summed E-state index contributed by atoms with van der Waals surface area (Å²) in [5.74, 6) is -0.322. The van der Waals surface area contributed by atoms with Gasteiger partial charge in [0.05, 0.1) is 4.90 Å². The minimum atomic E-state index is -3.80. The number of nitrogens with one attached hydrogen (secondary N) is 2. The molecule has 144 valence electrons. The van der Waals surface area contributed by atoms with Gasteiger partial charge in [0, 0.05) is 17.8 Å². The van der Waals surface area contributed by atoms with Crippen molar-refractivity contribution in [2.75, 3.05) is 4.72 Å². The molecule has 5 nitrogen and oxygen atoms in total. The molecular weight excluding hydrogens is 372 g/mol. The van der Waals surface area contributed by atoms with E-state index in [1.165, 1.54) is 6.07 Å². The molecule has 0 bridgehead atoms. The van der Waals surface area contributed by atoms with E-state index in [0.29, 0.717) is 23.4 Å². The second kappa shape index (κ2) is 8.27. The lowest BCUT2D eigenvalue weighted by molar-refractivity contribution is 0.0950. The van der Waals surface area contributed by atoms with Gasteiger partial charge in [-0.2, -0.15) is 0 Å². The molecule has 0 fully saturated rings. The molecule has 0 aliphatic carbocycles. The lowest BCUT2D eigenvalue weighted by atomic mass is 10.1. The van der Waals surface area contributed by atoms with Crippen molar-refractivity contribution in [1.82, 2.24) is 5.32 Å². The summed E-state index contributed by atoms with van der Waals surface area (Å²) in [4.78, 5) is 12.6. The number of benzene rings is 3. The van der Waals surface area contributed by atoms with Gasteiger partial charge in [-0.3, -0.25) is 9.52 Å². The number of hydrogen-bond donors (Lipinski definition) is 2. The molecule has 0 saturated carbocycles. The van der Waals surface area contributed by atoms with E-state index in [4.69, 9.17) is 0 Å². The fourth-order valence-corrected chi connectivity index (χ4v) is 4.07. The molecule has 0 spiro atoms. The first-order chi connectivity index (χ1) is 13.3. The SMILES string of the molecule is Cc1ccc(CNC(=O)c2ccc(C)c(S(=O)(=O)Nc3ccccc3)c2)cc1. The Balaban J connectivity index is 1.78. The van der Waals surface area contributed by atoms with Crippen molar-refractivity contribution in [1.29, 1.82) is 0 Å². The Morgan fingerprint density at radius 2 is 1.57 bits per heavy atom. The molecule has 0 aromatic heterocycles. The molecule has 0 aliphatic heterocycles. The molecule has 3 rings (SSSR count). The number of hydrogen-bond acceptors (Lipinski definition) is 3. The first kappa shape index (κ1) is 19.6. The van der Waals surface area contributed by atoms with Crippen LogP contribution in [-0.4, -0.2) is 14.3 Å². The highest BCUT2D eigenvalue weighted by Gasteiger charge is 2.19. The zero-order valence-electron chi connectivity index (χ0n) is 15.8. The summed E-state index contributed by atoms with van der Waals surface area (Å²) in [6.45, 7) is 4.07. The van der Waals surface area contributed by atoms with Gasteiger partial charge in [0.1, 0.15) is 0 Å².